The Hall–Kier alpha value is -3.26. The molecule has 0 fully saturated rings. The van der Waals surface area contributed by atoms with Gasteiger partial charge in [-0.15, -0.1) is 17.9 Å². The third kappa shape index (κ3) is 4.62. The lowest BCUT2D eigenvalue weighted by Gasteiger charge is -2.37. The van der Waals surface area contributed by atoms with Crippen LogP contribution in [-0.4, -0.2) is 43.2 Å². The molecule has 0 saturated heterocycles. The highest BCUT2D eigenvalue weighted by molar-refractivity contribution is 7.89. The van der Waals surface area contributed by atoms with Crippen molar-refractivity contribution in [2.45, 2.75) is 24.3 Å². The number of rotatable bonds is 7. The van der Waals surface area contributed by atoms with Crippen LogP contribution in [0.1, 0.15) is 27.6 Å². The van der Waals surface area contributed by atoms with Gasteiger partial charge in [-0.25, -0.2) is 8.42 Å². The van der Waals surface area contributed by atoms with E-state index in [0.717, 1.165) is 33.9 Å². The third-order valence-electron chi connectivity index (χ3n) is 6.68. The van der Waals surface area contributed by atoms with Gasteiger partial charge >= 0.3 is 0 Å². The summed E-state index contributed by atoms with van der Waals surface area (Å²) < 4.78 is 28.5. The topological polar surface area (TPSA) is 57.7 Å². The van der Waals surface area contributed by atoms with Crippen LogP contribution in [0, 0.1) is 6.92 Å². The maximum atomic E-state index is 13.7. The summed E-state index contributed by atoms with van der Waals surface area (Å²) in [5, 5.41) is 3.86. The van der Waals surface area contributed by atoms with Crippen molar-refractivity contribution in [1.29, 1.82) is 0 Å². The minimum absolute atomic E-state index is 0.0492. The van der Waals surface area contributed by atoms with Gasteiger partial charge in [0, 0.05) is 18.0 Å². The number of nitrogens with zero attached hydrogens (tertiary/aromatic N) is 2. The van der Waals surface area contributed by atoms with Gasteiger partial charge in [0.25, 0.3) is 0 Å². The molecule has 0 radical (unpaired) electrons. The summed E-state index contributed by atoms with van der Waals surface area (Å²) in [4.78, 5) is 17.0. The first-order valence-electron chi connectivity index (χ1n) is 11.9. The van der Waals surface area contributed by atoms with Crippen LogP contribution in [0.4, 0.5) is 0 Å². The van der Waals surface area contributed by atoms with E-state index in [1.165, 1.54) is 15.3 Å². The molecule has 5 nitrogen and oxygen atoms in total. The molecule has 0 bridgehead atoms. The molecule has 0 spiro atoms. The van der Waals surface area contributed by atoms with Crippen LogP contribution in [0.3, 0.4) is 0 Å². The average Bonchev–Trinajstić information content (AvgIpc) is 3.37. The maximum Gasteiger partial charge on any atom is 0.243 e. The summed E-state index contributed by atoms with van der Waals surface area (Å²) in [6.45, 7) is 6.12. The molecule has 184 valence electrons. The van der Waals surface area contributed by atoms with Crippen molar-refractivity contribution in [3.63, 3.8) is 0 Å². The highest BCUT2D eigenvalue weighted by Gasteiger charge is 2.35. The van der Waals surface area contributed by atoms with E-state index in [1.807, 2.05) is 48.2 Å². The van der Waals surface area contributed by atoms with Gasteiger partial charge < -0.3 is 4.90 Å². The highest BCUT2D eigenvalue weighted by Crippen LogP contribution is 2.38. The highest BCUT2D eigenvalue weighted by atomic mass is 32.2. The van der Waals surface area contributed by atoms with E-state index in [0.29, 0.717) is 6.54 Å². The van der Waals surface area contributed by atoms with Crippen LogP contribution in [0.25, 0.3) is 10.8 Å². The zero-order chi connectivity index (χ0) is 25.3. The first-order chi connectivity index (χ1) is 17.4. The zero-order valence-electron chi connectivity index (χ0n) is 20.1. The van der Waals surface area contributed by atoms with Crippen molar-refractivity contribution < 1.29 is 13.2 Å². The number of benzene rings is 3. The fraction of sp³-hybridized carbons (Fsp3) is 0.207. The summed E-state index contributed by atoms with van der Waals surface area (Å²) >= 11 is 1.71. The number of carbonyl (C=O) groups is 1. The molecule has 1 aliphatic heterocycles. The third-order valence-corrected chi connectivity index (χ3v) is 9.49. The first kappa shape index (κ1) is 24.4. The second-order valence-corrected chi connectivity index (χ2v) is 12.0. The molecule has 1 aliphatic rings. The fourth-order valence-electron chi connectivity index (χ4n) is 4.80. The van der Waals surface area contributed by atoms with Crippen molar-refractivity contribution >= 4 is 38.0 Å². The summed E-state index contributed by atoms with van der Waals surface area (Å²) in [7, 11) is -3.91. The Morgan fingerprint density at radius 3 is 2.58 bits per heavy atom. The van der Waals surface area contributed by atoms with Crippen molar-refractivity contribution in [2.75, 3.05) is 19.6 Å². The Balaban J connectivity index is 1.46. The number of hydrogen-bond acceptors (Lipinski definition) is 4. The molecule has 5 rings (SSSR count). The summed E-state index contributed by atoms with van der Waals surface area (Å²) in [6.07, 6.45) is 2.29. The lowest BCUT2D eigenvalue weighted by atomic mass is 9.92. The normalized spacial score (nSPS) is 15.7. The van der Waals surface area contributed by atoms with Gasteiger partial charge in [-0.2, -0.15) is 4.31 Å². The summed E-state index contributed by atoms with van der Waals surface area (Å²) in [5.74, 6) is -0.219. The van der Waals surface area contributed by atoms with Crippen LogP contribution >= 0.6 is 11.3 Å². The number of amides is 1. The Kier molecular flexibility index (Phi) is 6.79. The van der Waals surface area contributed by atoms with Crippen LogP contribution in [0.5, 0.6) is 0 Å². The largest absolute Gasteiger partial charge is 0.330 e. The van der Waals surface area contributed by atoms with E-state index < -0.39 is 10.0 Å². The lowest BCUT2D eigenvalue weighted by molar-refractivity contribution is -0.133. The minimum Gasteiger partial charge on any atom is -0.330 e. The number of thiophene rings is 1. The number of fused-ring (bicyclic) bond motifs is 2. The summed E-state index contributed by atoms with van der Waals surface area (Å²) in [6, 6.07) is 22.7. The van der Waals surface area contributed by atoms with Crippen molar-refractivity contribution in [3.8, 4) is 0 Å². The van der Waals surface area contributed by atoms with Crippen molar-refractivity contribution in [2.24, 2.45) is 0 Å². The van der Waals surface area contributed by atoms with Crippen LogP contribution in [-0.2, 0) is 21.2 Å². The number of aryl methyl sites for hydroxylation is 1. The SMILES string of the molecule is C=CCN(CC(=O)N1CCc2sccc2C1c1ccc(C)cc1)S(=O)(=O)c1ccc2ccccc2c1. The molecule has 0 N–H and O–H groups in total. The second kappa shape index (κ2) is 10.0. The van der Waals surface area contributed by atoms with Gasteiger partial charge in [0.2, 0.25) is 15.9 Å². The standard InChI is InChI=1S/C29H28N2O3S2/c1-3-16-30(36(33,34)25-13-12-22-6-4-5-7-24(22)19-25)20-28(32)31-17-14-27-26(15-18-35-27)29(31)23-10-8-21(2)9-11-23/h3-13,15,18-19,29H,1,14,16-17,20H2,2H3. The van der Waals surface area contributed by atoms with Gasteiger partial charge in [-0.05, 0) is 58.8 Å². The molecule has 2 heterocycles. The molecular weight excluding hydrogens is 488 g/mol. The molecule has 0 saturated carbocycles. The maximum absolute atomic E-state index is 13.7. The molecule has 1 unspecified atom stereocenters. The fourth-order valence-corrected chi connectivity index (χ4v) is 7.10. The molecule has 4 aromatic rings. The Labute approximate surface area is 216 Å². The van der Waals surface area contributed by atoms with Gasteiger partial charge in [0.05, 0.1) is 17.5 Å². The molecule has 3 aromatic carbocycles. The average molecular weight is 517 g/mol. The Morgan fingerprint density at radius 2 is 1.83 bits per heavy atom. The number of sulfonamides is 1. The zero-order valence-corrected chi connectivity index (χ0v) is 21.8. The minimum atomic E-state index is -3.91. The molecule has 36 heavy (non-hydrogen) atoms. The van der Waals surface area contributed by atoms with E-state index in [2.05, 4.69) is 30.2 Å². The summed E-state index contributed by atoms with van der Waals surface area (Å²) in [5.41, 5.74) is 3.30. The molecular formula is C29H28N2O3S2. The number of carbonyl (C=O) groups excluding carboxylic acids is 1. The number of hydrogen-bond donors (Lipinski definition) is 0. The van der Waals surface area contributed by atoms with Gasteiger partial charge in [-0.1, -0.05) is 66.2 Å². The Morgan fingerprint density at radius 1 is 1.08 bits per heavy atom. The molecule has 1 atom stereocenters. The predicted octanol–water partition coefficient (Wildman–Crippen LogP) is 5.56. The Bertz CT molecular complexity index is 1520. The molecule has 7 heteroatoms. The van der Waals surface area contributed by atoms with Crippen molar-refractivity contribution in [1.82, 2.24) is 9.21 Å². The molecule has 1 aromatic heterocycles. The molecule has 0 aliphatic carbocycles. The van der Waals surface area contributed by atoms with Crippen LogP contribution < -0.4 is 0 Å². The van der Waals surface area contributed by atoms with E-state index in [1.54, 1.807) is 29.5 Å². The van der Waals surface area contributed by atoms with E-state index in [-0.39, 0.29) is 29.9 Å². The van der Waals surface area contributed by atoms with E-state index in [4.69, 9.17) is 0 Å². The van der Waals surface area contributed by atoms with Gasteiger partial charge in [-0.3, -0.25) is 4.79 Å². The van der Waals surface area contributed by atoms with E-state index >= 15 is 0 Å². The lowest BCUT2D eigenvalue weighted by Crippen LogP contribution is -2.46. The monoisotopic (exact) mass is 516 g/mol. The van der Waals surface area contributed by atoms with Crippen molar-refractivity contribution in [3.05, 3.63) is 112 Å². The van der Waals surface area contributed by atoms with Crippen LogP contribution in [0.2, 0.25) is 0 Å². The van der Waals surface area contributed by atoms with Gasteiger partial charge in [0.15, 0.2) is 0 Å². The molecule has 1 amide bonds. The van der Waals surface area contributed by atoms with Crippen LogP contribution in [0.15, 0.2) is 95.7 Å². The smallest absolute Gasteiger partial charge is 0.243 e. The van der Waals surface area contributed by atoms with E-state index in [9.17, 15) is 13.2 Å². The first-order valence-corrected chi connectivity index (χ1v) is 14.2. The second-order valence-electron chi connectivity index (χ2n) is 9.04. The van der Waals surface area contributed by atoms with Gasteiger partial charge in [0.1, 0.15) is 0 Å². The quantitative estimate of drug-likeness (QED) is 0.302. The predicted molar refractivity (Wildman–Crippen MR) is 146 cm³/mol.